The van der Waals surface area contributed by atoms with Gasteiger partial charge in [-0.15, -0.1) is 22.7 Å². The molecule has 130 valence electrons. The number of thiophene rings is 1. The maximum atomic E-state index is 5.29. The summed E-state index contributed by atoms with van der Waals surface area (Å²) < 4.78 is 10.6. The van der Waals surface area contributed by atoms with E-state index in [1.54, 1.807) is 36.9 Å². The summed E-state index contributed by atoms with van der Waals surface area (Å²) in [7, 11) is 3.36. The van der Waals surface area contributed by atoms with Gasteiger partial charge in [0.2, 0.25) is 0 Å². The highest BCUT2D eigenvalue weighted by molar-refractivity contribution is 7.23. The molecule has 0 aliphatic carbocycles. The van der Waals surface area contributed by atoms with Crippen LogP contribution in [0.25, 0.3) is 31.6 Å². The van der Waals surface area contributed by atoms with Crippen LogP contribution in [0.5, 0.6) is 11.5 Å². The van der Waals surface area contributed by atoms with E-state index in [1.807, 2.05) is 24.3 Å². The van der Waals surface area contributed by atoms with Crippen LogP contribution >= 0.6 is 22.7 Å². The van der Waals surface area contributed by atoms with Crippen LogP contribution < -0.4 is 9.47 Å². The monoisotopic (exact) mass is 379 g/mol. The molecule has 0 aliphatic heterocycles. The molecule has 2 heterocycles. The highest BCUT2D eigenvalue weighted by atomic mass is 32.1. The van der Waals surface area contributed by atoms with Crippen LogP contribution in [0.1, 0.15) is 0 Å². The third kappa shape index (κ3) is 3.23. The van der Waals surface area contributed by atoms with E-state index < -0.39 is 0 Å². The minimum atomic E-state index is 0.841. The summed E-state index contributed by atoms with van der Waals surface area (Å²) >= 11 is 3.42. The van der Waals surface area contributed by atoms with Crippen molar-refractivity contribution in [3.63, 3.8) is 0 Å². The molecule has 0 bridgehead atoms. The van der Waals surface area contributed by atoms with Crippen molar-refractivity contribution >= 4 is 22.7 Å². The summed E-state index contributed by atoms with van der Waals surface area (Å²) in [5, 5.41) is 3.12. The fourth-order valence-corrected chi connectivity index (χ4v) is 4.60. The van der Waals surface area contributed by atoms with Gasteiger partial charge in [-0.25, -0.2) is 4.98 Å². The van der Waals surface area contributed by atoms with E-state index in [0.717, 1.165) is 38.2 Å². The third-order valence-electron chi connectivity index (χ3n) is 4.07. The van der Waals surface area contributed by atoms with E-state index in [0.29, 0.717) is 0 Å². The highest BCUT2D eigenvalue weighted by Gasteiger charge is 2.16. The summed E-state index contributed by atoms with van der Waals surface area (Å²) in [4.78, 5) is 7.29. The normalized spacial score (nSPS) is 10.7. The van der Waals surface area contributed by atoms with Gasteiger partial charge in [0.25, 0.3) is 0 Å². The van der Waals surface area contributed by atoms with Crippen molar-refractivity contribution in [2.75, 3.05) is 14.2 Å². The number of hydrogen-bond acceptors (Lipinski definition) is 5. The lowest BCUT2D eigenvalue weighted by Gasteiger charge is -2.05. The van der Waals surface area contributed by atoms with Crippen molar-refractivity contribution in [2.24, 2.45) is 0 Å². The Morgan fingerprint density at radius 1 is 0.769 bits per heavy atom. The van der Waals surface area contributed by atoms with E-state index in [9.17, 15) is 0 Å². The van der Waals surface area contributed by atoms with Crippen molar-refractivity contribution in [3.05, 3.63) is 66.0 Å². The molecule has 4 aromatic rings. The summed E-state index contributed by atoms with van der Waals surface area (Å²) in [6, 6.07) is 20.3. The lowest BCUT2D eigenvalue weighted by atomic mass is 10.1. The average molecular weight is 380 g/mol. The summed E-state index contributed by atoms with van der Waals surface area (Å²) in [5.74, 6) is 1.69. The number of rotatable bonds is 5. The maximum absolute atomic E-state index is 5.29. The van der Waals surface area contributed by atoms with Crippen LogP contribution in [0.3, 0.4) is 0 Å². The predicted molar refractivity (Wildman–Crippen MR) is 109 cm³/mol. The average Bonchev–Trinajstić information content (AvgIpc) is 3.38. The first-order chi connectivity index (χ1) is 12.8. The maximum Gasteiger partial charge on any atom is 0.134 e. The Hall–Kier alpha value is -2.63. The lowest BCUT2D eigenvalue weighted by molar-refractivity contribution is 0.414. The van der Waals surface area contributed by atoms with E-state index >= 15 is 0 Å². The molecule has 5 heteroatoms. The first-order valence-corrected chi connectivity index (χ1v) is 9.81. The van der Waals surface area contributed by atoms with Crippen LogP contribution in [0, 0.1) is 0 Å². The molecular formula is C21H17NO2S2. The van der Waals surface area contributed by atoms with Crippen molar-refractivity contribution < 1.29 is 9.47 Å². The molecule has 4 rings (SSSR count). The Kier molecular flexibility index (Phi) is 4.73. The van der Waals surface area contributed by atoms with E-state index in [-0.39, 0.29) is 0 Å². The van der Waals surface area contributed by atoms with Crippen LogP contribution in [-0.2, 0) is 0 Å². The number of methoxy groups -OCH3 is 2. The third-order valence-corrected chi connectivity index (χ3v) is 6.22. The van der Waals surface area contributed by atoms with Crippen molar-refractivity contribution in [3.8, 4) is 43.1 Å². The van der Waals surface area contributed by atoms with Gasteiger partial charge in [0.15, 0.2) is 0 Å². The van der Waals surface area contributed by atoms with Crippen LogP contribution in [-0.4, -0.2) is 19.2 Å². The Morgan fingerprint density at radius 2 is 1.38 bits per heavy atom. The minimum absolute atomic E-state index is 0.841. The smallest absolute Gasteiger partial charge is 0.134 e. The zero-order valence-corrected chi connectivity index (χ0v) is 16.1. The molecule has 3 nitrogen and oxygen atoms in total. The quantitative estimate of drug-likeness (QED) is 0.412. The molecule has 0 unspecified atom stereocenters. The van der Waals surface area contributed by atoms with Gasteiger partial charge in [-0.3, -0.25) is 0 Å². The second-order valence-electron chi connectivity index (χ2n) is 5.63. The number of thiazole rings is 1. The molecule has 0 N–H and O–H groups in total. The number of hydrogen-bond donors (Lipinski definition) is 0. The molecule has 0 saturated carbocycles. The lowest BCUT2D eigenvalue weighted by Crippen LogP contribution is -1.86. The van der Waals surface area contributed by atoms with Gasteiger partial charge < -0.3 is 9.47 Å². The van der Waals surface area contributed by atoms with E-state index in [4.69, 9.17) is 14.5 Å². The molecule has 2 aromatic carbocycles. The molecule has 0 saturated heterocycles. The standard InChI is InChI=1S/C21H17NO2S2/c1-23-16-9-5-14(6-10-16)19-20(15-7-11-17(24-2)12-8-15)26-21(22-19)18-4-3-13-25-18/h3-13H,1-2H3. The van der Waals surface area contributed by atoms with Gasteiger partial charge in [0.05, 0.1) is 29.7 Å². The zero-order valence-electron chi connectivity index (χ0n) is 14.4. The van der Waals surface area contributed by atoms with Gasteiger partial charge >= 0.3 is 0 Å². The van der Waals surface area contributed by atoms with E-state index in [1.165, 1.54) is 4.88 Å². The number of nitrogens with zero attached hydrogens (tertiary/aromatic N) is 1. The fraction of sp³-hybridized carbons (Fsp3) is 0.0952. The fourth-order valence-electron chi connectivity index (χ4n) is 2.71. The molecule has 0 atom stereocenters. The van der Waals surface area contributed by atoms with Crippen molar-refractivity contribution in [1.82, 2.24) is 4.98 Å². The van der Waals surface area contributed by atoms with Crippen molar-refractivity contribution in [2.45, 2.75) is 0 Å². The Labute approximate surface area is 160 Å². The second kappa shape index (κ2) is 7.32. The number of ether oxygens (including phenoxy) is 2. The summed E-state index contributed by atoms with van der Waals surface area (Å²) in [6.45, 7) is 0. The first-order valence-electron chi connectivity index (χ1n) is 8.12. The predicted octanol–water partition coefficient (Wildman–Crippen LogP) is 6.22. The van der Waals surface area contributed by atoms with Gasteiger partial charge in [0.1, 0.15) is 16.5 Å². The zero-order chi connectivity index (χ0) is 17.9. The first kappa shape index (κ1) is 16.8. The van der Waals surface area contributed by atoms with Crippen molar-refractivity contribution in [1.29, 1.82) is 0 Å². The molecule has 26 heavy (non-hydrogen) atoms. The summed E-state index contributed by atoms with van der Waals surface area (Å²) in [6.07, 6.45) is 0. The van der Waals surface area contributed by atoms with Crippen LogP contribution in [0.4, 0.5) is 0 Å². The summed E-state index contributed by atoms with van der Waals surface area (Å²) in [5.41, 5.74) is 3.21. The Bertz CT molecular complexity index is 923. The largest absolute Gasteiger partial charge is 0.497 e. The van der Waals surface area contributed by atoms with Gasteiger partial charge in [-0.1, -0.05) is 6.07 Å². The van der Waals surface area contributed by atoms with Gasteiger partial charge in [0, 0.05) is 5.56 Å². The molecule has 0 fully saturated rings. The Morgan fingerprint density at radius 3 is 1.92 bits per heavy atom. The minimum Gasteiger partial charge on any atom is -0.497 e. The van der Waals surface area contributed by atoms with Crippen LogP contribution in [0.15, 0.2) is 66.0 Å². The molecule has 0 aliphatic rings. The number of benzene rings is 2. The SMILES string of the molecule is COc1ccc(-c2nc(-c3cccs3)sc2-c2ccc(OC)cc2)cc1. The van der Waals surface area contributed by atoms with Gasteiger partial charge in [-0.2, -0.15) is 0 Å². The molecule has 0 radical (unpaired) electrons. The van der Waals surface area contributed by atoms with E-state index in [2.05, 4.69) is 41.8 Å². The molecule has 0 amide bonds. The second-order valence-corrected chi connectivity index (χ2v) is 7.58. The number of aromatic nitrogens is 1. The molecular weight excluding hydrogens is 362 g/mol. The Balaban J connectivity index is 1.84. The molecule has 2 aromatic heterocycles. The highest BCUT2D eigenvalue weighted by Crippen LogP contribution is 2.42. The van der Waals surface area contributed by atoms with Crippen LogP contribution in [0.2, 0.25) is 0 Å². The van der Waals surface area contributed by atoms with Gasteiger partial charge in [-0.05, 0) is 65.5 Å². The topological polar surface area (TPSA) is 31.4 Å². The molecule has 0 spiro atoms.